The lowest BCUT2D eigenvalue weighted by molar-refractivity contribution is -0.138. The average Bonchev–Trinajstić information content (AvgIpc) is 2.68. The van der Waals surface area contributed by atoms with E-state index in [2.05, 4.69) is 15.6 Å². The van der Waals surface area contributed by atoms with Gasteiger partial charge in [-0.3, -0.25) is 4.99 Å². The van der Waals surface area contributed by atoms with Gasteiger partial charge in [0.25, 0.3) is 0 Å². The summed E-state index contributed by atoms with van der Waals surface area (Å²) in [5, 5.41) is 5.83. The number of halogens is 4. The molecule has 5 nitrogen and oxygen atoms in total. The van der Waals surface area contributed by atoms with Crippen molar-refractivity contribution in [2.45, 2.75) is 26.2 Å². The maximum absolute atomic E-state index is 13.2. The number of aliphatic imine (C=N–C) groups is 1. The number of guanidine groups is 1. The molecule has 2 rings (SSSR count). The normalized spacial score (nSPS) is 11.9. The van der Waals surface area contributed by atoms with Gasteiger partial charge in [0, 0.05) is 20.1 Å². The molecule has 0 aromatic heterocycles. The highest BCUT2D eigenvalue weighted by Gasteiger charge is 2.33. The summed E-state index contributed by atoms with van der Waals surface area (Å²) < 4.78 is 63.3. The molecule has 0 aliphatic heterocycles. The van der Waals surface area contributed by atoms with E-state index in [1.165, 1.54) is 7.05 Å². The second kappa shape index (κ2) is 9.99. The van der Waals surface area contributed by atoms with Crippen LogP contribution in [0.5, 0.6) is 11.5 Å². The molecule has 0 saturated heterocycles. The Hall–Kier alpha value is -2.97. The lowest BCUT2D eigenvalue weighted by Crippen LogP contribution is -2.36. The molecule has 9 heteroatoms. The van der Waals surface area contributed by atoms with Crippen LogP contribution in [0.1, 0.15) is 23.6 Å². The number of nitrogens with zero attached hydrogens (tertiary/aromatic N) is 1. The number of benzene rings is 2. The third-order valence-corrected chi connectivity index (χ3v) is 4.04. The molecule has 0 fully saturated rings. The van der Waals surface area contributed by atoms with Gasteiger partial charge in [0.15, 0.2) is 17.5 Å². The highest BCUT2D eigenvalue weighted by atomic mass is 19.4. The minimum atomic E-state index is -4.64. The molecule has 0 amide bonds. The van der Waals surface area contributed by atoms with Gasteiger partial charge >= 0.3 is 6.18 Å². The monoisotopic (exact) mass is 413 g/mol. The molecule has 0 spiro atoms. The van der Waals surface area contributed by atoms with E-state index in [0.29, 0.717) is 36.7 Å². The predicted molar refractivity (Wildman–Crippen MR) is 103 cm³/mol. The molecule has 2 aromatic carbocycles. The molecule has 0 heterocycles. The number of methoxy groups -OCH3 is 1. The van der Waals surface area contributed by atoms with Gasteiger partial charge in [-0.25, -0.2) is 4.39 Å². The van der Waals surface area contributed by atoms with E-state index in [1.54, 1.807) is 13.2 Å². The number of hydrogen-bond donors (Lipinski definition) is 2. The molecular formula is C20H23F4N3O2. The van der Waals surface area contributed by atoms with Crippen LogP contribution in [0.2, 0.25) is 0 Å². The summed E-state index contributed by atoms with van der Waals surface area (Å²) in [6.07, 6.45) is -4.64. The van der Waals surface area contributed by atoms with Gasteiger partial charge in [-0.05, 0) is 42.3 Å². The Bertz CT molecular complexity index is 854. The first-order valence-corrected chi connectivity index (χ1v) is 8.88. The predicted octanol–water partition coefficient (Wildman–Crippen LogP) is 4.12. The highest BCUT2D eigenvalue weighted by Crippen LogP contribution is 2.32. The van der Waals surface area contributed by atoms with Crippen molar-refractivity contribution in [3.05, 3.63) is 58.9 Å². The SMILES string of the molecule is CCOc1cc(CNC(=NC)NCc2ccc(F)cc2C(F)(F)F)ccc1OC. The Labute approximate surface area is 166 Å². The van der Waals surface area contributed by atoms with Crippen molar-refractivity contribution in [2.75, 3.05) is 20.8 Å². The van der Waals surface area contributed by atoms with E-state index in [-0.39, 0.29) is 12.1 Å². The van der Waals surface area contributed by atoms with Gasteiger partial charge in [-0.15, -0.1) is 0 Å². The second-order valence-electron chi connectivity index (χ2n) is 6.00. The summed E-state index contributed by atoms with van der Waals surface area (Å²) >= 11 is 0. The number of nitrogens with one attached hydrogen (secondary N) is 2. The molecule has 29 heavy (non-hydrogen) atoms. The summed E-state index contributed by atoms with van der Waals surface area (Å²) in [6.45, 7) is 2.54. The molecule has 0 radical (unpaired) electrons. The van der Waals surface area contributed by atoms with Crippen LogP contribution in [-0.4, -0.2) is 26.7 Å². The van der Waals surface area contributed by atoms with Gasteiger partial charge < -0.3 is 20.1 Å². The molecule has 2 aromatic rings. The lowest BCUT2D eigenvalue weighted by atomic mass is 10.1. The van der Waals surface area contributed by atoms with Crippen LogP contribution in [0.4, 0.5) is 17.6 Å². The van der Waals surface area contributed by atoms with E-state index >= 15 is 0 Å². The third-order valence-electron chi connectivity index (χ3n) is 4.04. The summed E-state index contributed by atoms with van der Waals surface area (Å²) in [4.78, 5) is 4.00. The lowest BCUT2D eigenvalue weighted by Gasteiger charge is -2.16. The summed E-state index contributed by atoms with van der Waals surface area (Å²) in [6, 6.07) is 8.01. The number of alkyl halides is 3. The molecule has 0 atom stereocenters. The summed E-state index contributed by atoms with van der Waals surface area (Å²) in [7, 11) is 3.05. The Kier molecular flexibility index (Phi) is 7.69. The van der Waals surface area contributed by atoms with Gasteiger partial charge in [-0.1, -0.05) is 12.1 Å². The summed E-state index contributed by atoms with van der Waals surface area (Å²) in [5.41, 5.74) is -0.225. The van der Waals surface area contributed by atoms with Crippen molar-refractivity contribution >= 4 is 5.96 Å². The molecule has 0 saturated carbocycles. The minimum absolute atomic E-state index is 0.0788. The van der Waals surface area contributed by atoms with Crippen LogP contribution >= 0.6 is 0 Å². The van der Waals surface area contributed by atoms with E-state index in [1.807, 2.05) is 19.1 Å². The first kappa shape index (κ1) is 22.3. The van der Waals surface area contributed by atoms with Crippen molar-refractivity contribution < 1.29 is 27.0 Å². The quantitative estimate of drug-likeness (QED) is 0.407. The fourth-order valence-corrected chi connectivity index (χ4v) is 2.65. The van der Waals surface area contributed by atoms with E-state index in [4.69, 9.17) is 9.47 Å². The fraction of sp³-hybridized carbons (Fsp3) is 0.350. The Morgan fingerprint density at radius 1 is 1.03 bits per heavy atom. The largest absolute Gasteiger partial charge is 0.493 e. The van der Waals surface area contributed by atoms with Crippen molar-refractivity contribution in [2.24, 2.45) is 4.99 Å². The zero-order chi connectivity index (χ0) is 21.4. The smallest absolute Gasteiger partial charge is 0.416 e. The van der Waals surface area contributed by atoms with Gasteiger partial charge in [0.1, 0.15) is 5.82 Å². The zero-order valence-corrected chi connectivity index (χ0v) is 16.4. The van der Waals surface area contributed by atoms with Gasteiger partial charge in [0.2, 0.25) is 0 Å². The van der Waals surface area contributed by atoms with Crippen molar-refractivity contribution in [3.63, 3.8) is 0 Å². The first-order chi connectivity index (χ1) is 13.8. The topological polar surface area (TPSA) is 54.9 Å². The molecule has 0 aliphatic carbocycles. The molecule has 2 N–H and O–H groups in total. The number of ether oxygens (including phenoxy) is 2. The third kappa shape index (κ3) is 6.27. The molecular weight excluding hydrogens is 390 g/mol. The van der Waals surface area contributed by atoms with E-state index in [0.717, 1.165) is 17.7 Å². The van der Waals surface area contributed by atoms with Crippen LogP contribution in [0.3, 0.4) is 0 Å². The number of hydrogen-bond acceptors (Lipinski definition) is 3. The van der Waals surface area contributed by atoms with Gasteiger partial charge in [0.05, 0.1) is 19.3 Å². The molecule has 0 aliphatic rings. The van der Waals surface area contributed by atoms with Crippen LogP contribution in [0, 0.1) is 5.82 Å². The molecule has 158 valence electrons. The Balaban J connectivity index is 2.03. The Morgan fingerprint density at radius 2 is 1.76 bits per heavy atom. The van der Waals surface area contributed by atoms with E-state index in [9.17, 15) is 17.6 Å². The summed E-state index contributed by atoms with van der Waals surface area (Å²) in [5.74, 6) is 0.567. The van der Waals surface area contributed by atoms with Crippen molar-refractivity contribution in [1.82, 2.24) is 10.6 Å². The fourth-order valence-electron chi connectivity index (χ4n) is 2.65. The number of rotatable bonds is 7. The first-order valence-electron chi connectivity index (χ1n) is 8.88. The van der Waals surface area contributed by atoms with Crippen LogP contribution in [0.15, 0.2) is 41.4 Å². The maximum Gasteiger partial charge on any atom is 0.416 e. The van der Waals surface area contributed by atoms with Crippen LogP contribution in [-0.2, 0) is 19.3 Å². The van der Waals surface area contributed by atoms with Crippen molar-refractivity contribution in [1.29, 1.82) is 0 Å². The van der Waals surface area contributed by atoms with Gasteiger partial charge in [-0.2, -0.15) is 13.2 Å². The Morgan fingerprint density at radius 3 is 2.38 bits per heavy atom. The second-order valence-corrected chi connectivity index (χ2v) is 6.00. The molecule has 0 bridgehead atoms. The van der Waals surface area contributed by atoms with E-state index < -0.39 is 17.6 Å². The van der Waals surface area contributed by atoms with Crippen LogP contribution < -0.4 is 20.1 Å². The van der Waals surface area contributed by atoms with Crippen molar-refractivity contribution in [3.8, 4) is 11.5 Å². The zero-order valence-electron chi connectivity index (χ0n) is 16.4. The highest BCUT2D eigenvalue weighted by molar-refractivity contribution is 5.79. The standard InChI is InChI=1S/C20H23F4N3O2/c1-4-29-18-9-13(5-8-17(18)28-3)11-26-19(25-2)27-12-14-6-7-15(21)10-16(14)20(22,23)24/h5-10H,4,11-12H2,1-3H3,(H2,25,26,27). The molecule has 0 unspecified atom stereocenters. The average molecular weight is 413 g/mol. The minimum Gasteiger partial charge on any atom is -0.493 e. The van der Waals surface area contributed by atoms with Crippen LogP contribution in [0.25, 0.3) is 0 Å². The maximum atomic E-state index is 13.2.